The van der Waals surface area contributed by atoms with Gasteiger partial charge in [-0.3, -0.25) is 14.9 Å². The predicted molar refractivity (Wildman–Crippen MR) is 79.0 cm³/mol. The minimum atomic E-state index is -0.120. The van der Waals surface area contributed by atoms with Gasteiger partial charge >= 0.3 is 0 Å². The molecule has 0 fully saturated rings. The highest BCUT2D eigenvalue weighted by Crippen LogP contribution is 1.96. The maximum atomic E-state index is 11.6. The lowest BCUT2D eigenvalue weighted by Gasteiger charge is -2.09. The lowest BCUT2D eigenvalue weighted by Crippen LogP contribution is -2.40. The predicted octanol–water partition coefficient (Wildman–Crippen LogP) is 0.665. The number of carbonyl (C=O) groups is 2. The average molecular weight is 277 g/mol. The molecule has 0 spiro atoms. The quantitative estimate of drug-likeness (QED) is 0.654. The molecule has 1 aromatic rings. The minimum absolute atomic E-state index is 0.0884. The summed E-state index contributed by atoms with van der Waals surface area (Å²) in [7, 11) is 0. The van der Waals surface area contributed by atoms with E-state index in [1.54, 1.807) is 0 Å². The topological polar surface area (TPSA) is 70.2 Å². The van der Waals surface area contributed by atoms with E-state index in [-0.39, 0.29) is 24.9 Å². The third-order valence-electron chi connectivity index (χ3n) is 2.61. The van der Waals surface area contributed by atoms with E-state index < -0.39 is 0 Å². The summed E-state index contributed by atoms with van der Waals surface area (Å²) in [4.78, 5) is 23.0. The van der Waals surface area contributed by atoms with Crippen molar-refractivity contribution in [1.82, 2.24) is 16.0 Å². The van der Waals surface area contributed by atoms with Crippen molar-refractivity contribution in [1.29, 1.82) is 0 Å². The van der Waals surface area contributed by atoms with Crippen LogP contribution in [-0.4, -0.2) is 31.4 Å². The fourth-order valence-electron chi connectivity index (χ4n) is 1.53. The number of rotatable bonds is 8. The van der Waals surface area contributed by atoms with Crippen LogP contribution in [0.15, 0.2) is 30.3 Å². The van der Waals surface area contributed by atoms with Crippen LogP contribution in [0, 0.1) is 5.92 Å². The Morgan fingerprint density at radius 2 is 1.60 bits per heavy atom. The first-order valence-electron chi connectivity index (χ1n) is 6.86. The molecule has 0 bridgehead atoms. The van der Waals surface area contributed by atoms with Crippen molar-refractivity contribution in [3.63, 3.8) is 0 Å². The fraction of sp³-hybridized carbons (Fsp3) is 0.467. The van der Waals surface area contributed by atoms with E-state index >= 15 is 0 Å². The molecule has 0 atom stereocenters. The highest BCUT2D eigenvalue weighted by molar-refractivity contribution is 5.81. The van der Waals surface area contributed by atoms with Gasteiger partial charge in [0.1, 0.15) is 0 Å². The van der Waals surface area contributed by atoms with E-state index in [2.05, 4.69) is 16.0 Å². The molecular weight excluding hydrogens is 254 g/mol. The molecule has 0 heterocycles. The Morgan fingerprint density at radius 1 is 1.00 bits per heavy atom. The van der Waals surface area contributed by atoms with Crippen molar-refractivity contribution in [2.45, 2.75) is 20.4 Å². The zero-order chi connectivity index (χ0) is 14.8. The number of hydrogen-bond acceptors (Lipinski definition) is 3. The normalized spacial score (nSPS) is 10.3. The number of nitrogens with one attached hydrogen (secondary N) is 3. The van der Waals surface area contributed by atoms with Gasteiger partial charge in [-0.15, -0.1) is 0 Å². The first kappa shape index (κ1) is 16.2. The van der Waals surface area contributed by atoms with Crippen LogP contribution in [0.1, 0.15) is 19.4 Å². The average Bonchev–Trinajstić information content (AvgIpc) is 2.44. The maximum Gasteiger partial charge on any atom is 0.234 e. The van der Waals surface area contributed by atoms with Gasteiger partial charge in [-0.1, -0.05) is 44.2 Å². The Kier molecular flexibility index (Phi) is 7.35. The molecule has 1 aromatic carbocycles. The molecule has 0 radical (unpaired) electrons. The lowest BCUT2D eigenvalue weighted by atomic mass is 10.2. The van der Waals surface area contributed by atoms with Crippen molar-refractivity contribution in [3.05, 3.63) is 35.9 Å². The molecule has 0 aliphatic rings. The van der Waals surface area contributed by atoms with Crippen LogP contribution < -0.4 is 16.0 Å². The summed E-state index contributed by atoms with van der Waals surface area (Å²) in [6, 6.07) is 9.69. The third kappa shape index (κ3) is 7.53. The Hall–Kier alpha value is -1.88. The van der Waals surface area contributed by atoms with Crippen molar-refractivity contribution in [2.75, 3.05) is 19.6 Å². The second-order valence-corrected chi connectivity index (χ2v) is 5.06. The van der Waals surface area contributed by atoms with E-state index in [1.807, 2.05) is 44.2 Å². The third-order valence-corrected chi connectivity index (χ3v) is 2.61. The van der Waals surface area contributed by atoms with E-state index in [0.717, 1.165) is 5.56 Å². The Labute approximate surface area is 120 Å². The van der Waals surface area contributed by atoms with Crippen molar-refractivity contribution in [3.8, 4) is 0 Å². The van der Waals surface area contributed by atoms with Gasteiger partial charge in [0.15, 0.2) is 0 Å². The molecule has 0 aliphatic carbocycles. The largest absolute Gasteiger partial charge is 0.355 e. The highest BCUT2D eigenvalue weighted by atomic mass is 16.2. The molecule has 5 nitrogen and oxygen atoms in total. The van der Waals surface area contributed by atoms with Crippen molar-refractivity contribution >= 4 is 11.8 Å². The summed E-state index contributed by atoms with van der Waals surface area (Å²) in [5.41, 5.74) is 1.05. The summed E-state index contributed by atoms with van der Waals surface area (Å²) in [6.45, 7) is 5.52. The maximum absolute atomic E-state index is 11.6. The van der Waals surface area contributed by atoms with Crippen LogP contribution in [0.5, 0.6) is 0 Å². The molecule has 110 valence electrons. The van der Waals surface area contributed by atoms with Crippen LogP contribution in [0.2, 0.25) is 0 Å². The Balaban J connectivity index is 2.10. The standard InChI is InChI=1S/C15H23N3O2/c1-12(2)8-17-14(19)10-16-11-15(20)18-9-13-6-4-3-5-7-13/h3-7,12,16H,8-11H2,1-2H3,(H,17,19)(H,18,20). The zero-order valence-corrected chi connectivity index (χ0v) is 12.1. The molecule has 2 amide bonds. The number of carbonyl (C=O) groups excluding carboxylic acids is 2. The molecule has 0 unspecified atom stereocenters. The van der Waals surface area contributed by atoms with Gasteiger partial charge in [-0.05, 0) is 11.5 Å². The smallest absolute Gasteiger partial charge is 0.234 e. The van der Waals surface area contributed by atoms with Gasteiger partial charge in [0.2, 0.25) is 11.8 Å². The Bertz CT molecular complexity index is 418. The summed E-state index contributed by atoms with van der Waals surface area (Å²) >= 11 is 0. The second-order valence-electron chi connectivity index (χ2n) is 5.06. The molecule has 0 saturated heterocycles. The van der Waals surface area contributed by atoms with E-state index in [0.29, 0.717) is 19.0 Å². The summed E-state index contributed by atoms with van der Waals surface area (Å²) < 4.78 is 0. The zero-order valence-electron chi connectivity index (χ0n) is 12.1. The van der Waals surface area contributed by atoms with Crippen LogP contribution in [0.25, 0.3) is 0 Å². The highest BCUT2D eigenvalue weighted by Gasteiger charge is 2.04. The summed E-state index contributed by atoms with van der Waals surface area (Å²) in [5, 5.41) is 8.39. The van der Waals surface area contributed by atoms with Gasteiger partial charge in [0.25, 0.3) is 0 Å². The van der Waals surface area contributed by atoms with Crippen LogP contribution >= 0.6 is 0 Å². The van der Waals surface area contributed by atoms with Crippen LogP contribution in [0.3, 0.4) is 0 Å². The molecule has 20 heavy (non-hydrogen) atoms. The van der Waals surface area contributed by atoms with Crippen LogP contribution in [-0.2, 0) is 16.1 Å². The fourth-order valence-corrected chi connectivity index (χ4v) is 1.53. The van der Waals surface area contributed by atoms with Gasteiger partial charge in [0, 0.05) is 13.1 Å². The molecule has 5 heteroatoms. The van der Waals surface area contributed by atoms with Gasteiger partial charge in [0.05, 0.1) is 13.1 Å². The molecule has 0 saturated carbocycles. The molecule has 0 aliphatic heterocycles. The number of hydrogen-bond donors (Lipinski definition) is 3. The lowest BCUT2D eigenvalue weighted by molar-refractivity contribution is -0.121. The van der Waals surface area contributed by atoms with Crippen molar-refractivity contribution in [2.24, 2.45) is 5.92 Å². The van der Waals surface area contributed by atoms with Gasteiger partial charge < -0.3 is 10.6 Å². The van der Waals surface area contributed by atoms with Gasteiger partial charge in [-0.2, -0.15) is 0 Å². The monoisotopic (exact) mass is 277 g/mol. The molecule has 0 aromatic heterocycles. The first-order valence-corrected chi connectivity index (χ1v) is 6.86. The number of benzene rings is 1. The SMILES string of the molecule is CC(C)CNC(=O)CNCC(=O)NCc1ccccc1. The van der Waals surface area contributed by atoms with E-state index in [1.165, 1.54) is 0 Å². The molecule has 3 N–H and O–H groups in total. The minimum Gasteiger partial charge on any atom is -0.355 e. The van der Waals surface area contributed by atoms with E-state index in [4.69, 9.17) is 0 Å². The second kappa shape index (κ2) is 9.09. The van der Waals surface area contributed by atoms with E-state index in [9.17, 15) is 9.59 Å². The molecular formula is C15H23N3O2. The molecule has 1 rings (SSSR count). The Morgan fingerprint density at radius 3 is 2.20 bits per heavy atom. The summed E-state index contributed by atoms with van der Waals surface area (Å²) in [6.07, 6.45) is 0. The first-order chi connectivity index (χ1) is 9.58. The summed E-state index contributed by atoms with van der Waals surface area (Å²) in [5.74, 6) is 0.216. The number of amides is 2. The van der Waals surface area contributed by atoms with Crippen molar-refractivity contribution < 1.29 is 9.59 Å². The van der Waals surface area contributed by atoms with Gasteiger partial charge in [-0.25, -0.2) is 0 Å². The van der Waals surface area contributed by atoms with Crippen LogP contribution in [0.4, 0.5) is 0 Å².